The van der Waals surface area contributed by atoms with Crippen LogP contribution in [0.3, 0.4) is 0 Å². The van der Waals surface area contributed by atoms with Crippen molar-refractivity contribution in [2.45, 2.75) is 94.9 Å². The van der Waals surface area contributed by atoms with Crippen LogP contribution in [-0.4, -0.2) is 87.5 Å². The van der Waals surface area contributed by atoms with Crippen LogP contribution in [0.25, 0.3) is 0 Å². The van der Waals surface area contributed by atoms with E-state index in [1.54, 1.807) is 0 Å². The molecule has 44 heavy (non-hydrogen) atoms. The van der Waals surface area contributed by atoms with Crippen LogP contribution in [-0.2, 0) is 20.3 Å². The van der Waals surface area contributed by atoms with E-state index in [0.29, 0.717) is 36.7 Å². The van der Waals surface area contributed by atoms with Crippen molar-refractivity contribution in [3.8, 4) is 17.6 Å². The monoisotopic (exact) mass is 612 g/mol. The molecule has 0 amide bonds. The summed E-state index contributed by atoms with van der Waals surface area (Å²) in [6.45, 7) is 11.4. The Labute approximate surface area is 258 Å². The van der Waals surface area contributed by atoms with E-state index >= 15 is 0 Å². The number of aliphatic hydroxyl groups excluding tert-OH is 5. The Balaban J connectivity index is 1.71. The molecule has 10 nitrogen and oxygen atoms in total. The number of carboxylic acid groups (broad SMARTS) is 1. The molecule has 1 fully saturated rings. The fourth-order valence-corrected chi connectivity index (χ4v) is 6.04. The van der Waals surface area contributed by atoms with Gasteiger partial charge in [0.15, 0.2) is 0 Å². The topological polar surface area (TPSA) is 166 Å². The molecule has 240 valence electrons. The van der Waals surface area contributed by atoms with Crippen molar-refractivity contribution in [1.29, 1.82) is 0 Å². The van der Waals surface area contributed by atoms with E-state index in [0.717, 1.165) is 24.0 Å². The molecule has 0 bridgehead atoms. The van der Waals surface area contributed by atoms with E-state index in [-0.39, 0.29) is 22.0 Å². The molecule has 0 radical (unpaired) electrons. The first kappa shape index (κ1) is 33.9. The highest BCUT2D eigenvalue weighted by molar-refractivity contribution is 5.90. The number of hydrogen-bond donors (Lipinski definition) is 6. The third-order valence-electron chi connectivity index (χ3n) is 8.74. The van der Waals surface area contributed by atoms with Gasteiger partial charge in [0.05, 0.1) is 18.8 Å². The van der Waals surface area contributed by atoms with Crippen LogP contribution in [0.4, 0.5) is 0 Å². The number of benzene rings is 2. The average molecular weight is 613 g/mol. The number of hydrogen-bond acceptors (Lipinski definition) is 9. The largest absolute Gasteiger partial charge is 0.491 e. The van der Waals surface area contributed by atoms with Gasteiger partial charge < -0.3 is 44.8 Å². The number of rotatable bonds is 9. The molecule has 6 N–H and O–H groups in total. The zero-order valence-corrected chi connectivity index (χ0v) is 25.9. The van der Waals surface area contributed by atoms with Gasteiger partial charge in [-0.05, 0) is 71.6 Å². The number of fused-ring (bicyclic) bond motifs is 1. The van der Waals surface area contributed by atoms with Gasteiger partial charge in [-0.25, -0.2) is 4.79 Å². The quantitative estimate of drug-likeness (QED) is 0.183. The fourth-order valence-electron chi connectivity index (χ4n) is 6.04. The number of aliphatic hydroxyl groups is 5. The number of ether oxygens (including phenoxy) is 3. The van der Waals surface area contributed by atoms with Crippen LogP contribution >= 0.6 is 0 Å². The van der Waals surface area contributed by atoms with Crippen LogP contribution in [0.1, 0.15) is 97.8 Å². The van der Waals surface area contributed by atoms with Crippen molar-refractivity contribution in [3.63, 3.8) is 0 Å². The van der Waals surface area contributed by atoms with E-state index < -0.39 is 49.2 Å². The molecule has 2 unspecified atom stereocenters. The highest BCUT2D eigenvalue weighted by atomic mass is 16.5. The molecular formula is C34H44O10. The van der Waals surface area contributed by atoms with Gasteiger partial charge in [-0.1, -0.05) is 45.6 Å². The maximum atomic E-state index is 12.0. The Bertz CT molecular complexity index is 1400. The fraction of sp³-hybridized carbons (Fsp3) is 0.559. The van der Waals surface area contributed by atoms with Crippen LogP contribution < -0.4 is 4.74 Å². The predicted molar refractivity (Wildman–Crippen MR) is 162 cm³/mol. The average Bonchev–Trinajstić information content (AvgIpc) is 2.99. The second kappa shape index (κ2) is 13.5. The lowest BCUT2D eigenvalue weighted by Gasteiger charge is -2.43. The zero-order valence-electron chi connectivity index (χ0n) is 25.9. The molecular weight excluding hydrogens is 568 g/mol. The summed E-state index contributed by atoms with van der Waals surface area (Å²) in [4.78, 5) is 12.0. The summed E-state index contributed by atoms with van der Waals surface area (Å²) in [5.41, 5.74) is 2.62. The van der Waals surface area contributed by atoms with E-state index in [2.05, 4.69) is 39.5 Å². The molecule has 2 aromatic rings. The molecule has 1 saturated heterocycles. The molecule has 0 spiro atoms. The molecule has 1 heterocycles. The van der Waals surface area contributed by atoms with Crippen molar-refractivity contribution >= 4 is 5.97 Å². The Kier molecular flexibility index (Phi) is 10.4. The molecule has 1 aliphatic carbocycles. The molecule has 0 aromatic heterocycles. The van der Waals surface area contributed by atoms with Crippen LogP contribution in [0, 0.1) is 11.8 Å². The number of carboxylic acids is 1. The summed E-state index contributed by atoms with van der Waals surface area (Å²) in [5.74, 6) is 5.13. The molecule has 2 aliphatic rings. The summed E-state index contributed by atoms with van der Waals surface area (Å²) < 4.78 is 17.3. The Hall–Kier alpha value is -3.01. The summed E-state index contributed by atoms with van der Waals surface area (Å²) >= 11 is 0. The molecule has 0 saturated carbocycles. The standard InChI is InChI=1S/C34H44O10/c1-6-42-13-14-43-25-17-20(16-23-27(25)34(4,5)12-11-33(23,2)3)24(36)10-8-19-7-9-21(32(40)41)22(15-19)31-30(39)29(38)28(37)26(18-35)44-31/h7,9,15-17,24,26,28-31,35-39H,6,11-14,18H2,1-5H3,(H,40,41)/t24?,26-,28-,29+,30-,31?/m1/s1. The minimum atomic E-state index is -1.67. The van der Waals surface area contributed by atoms with Gasteiger partial charge >= 0.3 is 5.97 Å². The molecule has 10 heteroatoms. The molecule has 2 aromatic carbocycles. The number of carbonyl (C=O) groups is 1. The first-order valence-corrected chi connectivity index (χ1v) is 15.0. The third-order valence-corrected chi connectivity index (χ3v) is 8.74. The smallest absolute Gasteiger partial charge is 0.336 e. The van der Waals surface area contributed by atoms with Crippen molar-refractivity contribution in [2.75, 3.05) is 26.4 Å². The lowest BCUT2D eigenvalue weighted by atomic mass is 9.62. The van der Waals surface area contributed by atoms with E-state index in [9.17, 15) is 35.4 Å². The summed E-state index contributed by atoms with van der Waals surface area (Å²) in [6, 6.07) is 7.97. The van der Waals surface area contributed by atoms with Crippen molar-refractivity contribution in [2.24, 2.45) is 0 Å². The molecule has 4 rings (SSSR count). The zero-order chi connectivity index (χ0) is 32.4. The first-order chi connectivity index (χ1) is 20.7. The Morgan fingerprint density at radius 1 is 1.02 bits per heavy atom. The van der Waals surface area contributed by atoms with E-state index in [1.807, 2.05) is 19.1 Å². The Morgan fingerprint density at radius 3 is 2.39 bits per heavy atom. The van der Waals surface area contributed by atoms with Gasteiger partial charge in [0.1, 0.15) is 49.0 Å². The number of aromatic carboxylic acids is 1. The molecule has 1 aliphatic heterocycles. The second-order valence-corrected chi connectivity index (χ2v) is 12.8. The SMILES string of the molecule is CCOCCOc1cc(C(O)C#Cc2ccc(C(=O)O)c(C3O[C@H](CO)[C@@H](O)[C@H](O)[C@H]3O)c2)cc2c1C(C)(C)CCC2(C)C. The Morgan fingerprint density at radius 2 is 1.73 bits per heavy atom. The van der Waals surface area contributed by atoms with Crippen molar-refractivity contribution < 1.29 is 49.6 Å². The highest BCUT2D eigenvalue weighted by Gasteiger charge is 2.45. The van der Waals surface area contributed by atoms with Gasteiger partial charge in [-0.15, -0.1) is 0 Å². The minimum absolute atomic E-state index is 0.0124. The van der Waals surface area contributed by atoms with Gasteiger partial charge in [0.25, 0.3) is 0 Å². The summed E-state index contributed by atoms with van der Waals surface area (Å²) in [5, 5.41) is 61.7. The van der Waals surface area contributed by atoms with Crippen molar-refractivity contribution in [1.82, 2.24) is 0 Å². The van der Waals surface area contributed by atoms with E-state index in [1.165, 1.54) is 18.2 Å². The highest BCUT2D eigenvalue weighted by Crippen LogP contribution is 2.50. The predicted octanol–water partition coefficient (Wildman–Crippen LogP) is 2.75. The van der Waals surface area contributed by atoms with Gasteiger partial charge in [0, 0.05) is 17.7 Å². The second-order valence-electron chi connectivity index (χ2n) is 12.8. The lowest BCUT2D eigenvalue weighted by molar-refractivity contribution is -0.231. The third kappa shape index (κ3) is 6.95. The van der Waals surface area contributed by atoms with Gasteiger partial charge in [-0.3, -0.25) is 0 Å². The van der Waals surface area contributed by atoms with Crippen LogP contribution in [0.15, 0.2) is 30.3 Å². The van der Waals surface area contributed by atoms with Crippen molar-refractivity contribution in [3.05, 3.63) is 63.7 Å². The van der Waals surface area contributed by atoms with Crippen LogP contribution in [0.2, 0.25) is 0 Å². The molecule has 6 atom stereocenters. The van der Waals surface area contributed by atoms with Gasteiger partial charge in [-0.2, -0.15) is 0 Å². The summed E-state index contributed by atoms with van der Waals surface area (Å²) in [7, 11) is 0. The van der Waals surface area contributed by atoms with Gasteiger partial charge in [0.2, 0.25) is 0 Å². The maximum Gasteiger partial charge on any atom is 0.336 e. The van der Waals surface area contributed by atoms with E-state index in [4.69, 9.17) is 14.2 Å². The first-order valence-electron chi connectivity index (χ1n) is 15.0. The lowest BCUT2D eigenvalue weighted by Crippen LogP contribution is -2.55. The maximum absolute atomic E-state index is 12.0. The normalized spacial score (nSPS) is 26.2. The summed E-state index contributed by atoms with van der Waals surface area (Å²) in [6.07, 6.45) is -6.74. The minimum Gasteiger partial charge on any atom is -0.491 e. The van der Waals surface area contributed by atoms with Crippen LogP contribution in [0.5, 0.6) is 5.75 Å².